The Morgan fingerprint density at radius 3 is 2.61 bits per heavy atom. The first kappa shape index (κ1) is 19.8. The molecule has 31 heavy (non-hydrogen) atoms. The summed E-state index contributed by atoms with van der Waals surface area (Å²) in [6.07, 6.45) is 3.93. The number of fused-ring (bicyclic) bond motifs is 6. The van der Waals surface area contributed by atoms with Crippen LogP contribution < -0.4 is 0 Å². The van der Waals surface area contributed by atoms with Crippen molar-refractivity contribution in [2.24, 2.45) is 22.7 Å². The Balaban J connectivity index is 1.73. The highest BCUT2D eigenvalue weighted by molar-refractivity contribution is 6.10. The first-order valence-electron chi connectivity index (χ1n) is 12.2. The first-order valence-corrected chi connectivity index (χ1v) is 12.2. The van der Waals surface area contributed by atoms with Gasteiger partial charge in [-0.2, -0.15) is 0 Å². The van der Waals surface area contributed by atoms with Crippen LogP contribution in [0.4, 0.5) is 0 Å². The number of para-hydroxylation sites is 1. The number of aryl methyl sites for hydroxylation is 1. The summed E-state index contributed by atoms with van der Waals surface area (Å²) in [5.74, 6) is 1.01. The lowest BCUT2D eigenvalue weighted by molar-refractivity contribution is -0.234. The minimum Gasteiger partial charge on any atom is -0.393 e. The van der Waals surface area contributed by atoms with Crippen LogP contribution in [0, 0.1) is 29.6 Å². The van der Waals surface area contributed by atoms with Crippen LogP contribution in [0.5, 0.6) is 0 Å². The van der Waals surface area contributed by atoms with Gasteiger partial charge in [0.15, 0.2) is 0 Å². The van der Waals surface area contributed by atoms with Gasteiger partial charge in [-0.05, 0) is 85.6 Å². The van der Waals surface area contributed by atoms with Gasteiger partial charge in [-0.25, -0.2) is 0 Å². The van der Waals surface area contributed by atoms with Gasteiger partial charge in [-0.1, -0.05) is 39.0 Å². The van der Waals surface area contributed by atoms with Crippen LogP contribution in [-0.2, 0) is 6.42 Å². The second-order valence-corrected chi connectivity index (χ2v) is 11.2. The molecular formula is C28H35NO2. The zero-order chi connectivity index (χ0) is 21.7. The van der Waals surface area contributed by atoms with E-state index in [2.05, 4.69) is 63.0 Å². The number of aromatic amines is 1. The smallest absolute Gasteiger partial charge is 0.0608 e. The van der Waals surface area contributed by atoms with Gasteiger partial charge >= 0.3 is 0 Å². The molecule has 0 unspecified atom stereocenters. The fourth-order valence-electron chi connectivity index (χ4n) is 8.57. The van der Waals surface area contributed by atoms with Crippen LogP contribution >= 0.6 is 0 Å². The largest absolute Gasteiger partial charge is 0.393 e. The summed E-state index contributed by atoms with van der Waals surface area (Å²) in [7, 11) is 0. The molecule has 1 heterocycles. The average molecular weight is 418 g/mol. The molecule has 3 heteroatoms. The van der Waals surface area contributed by atoms with Crippen molar-refractivity contribution in [2.45, 2.75) is 77.9 Å². The number of aliphatic hydroxyl groups is 2. The summed E-state index contributed by atoms with van der Waals surface area (Å²) in [6.45, 7) is 9.19. The molecule has 6 rings (SSSR count). The van der Waals surface area contributed by atoms with Crippen molar-refractivity contribution in [3.8, 4) is 0 Å². The summed E-state index contributed by atoms with van der Waals surface area (Å²) in [5, 5.41) is 25.9. The number of aliphatic hydroxyl groups excluding tert-OH is 2. The summed E-state index contributed by atoms with van der Waals surface area (Å²) >= 11 is 0. The van der Waals surface area contributed by atoms with Crippen molar-refractivity contribution in [1.29, 1.82) is 0 Å². The molecule has 0 aliphatic heterocycles. The second-order valence-electron chi connectivity index (χ2n) is 11.2. The number of nitrogens with one attached hydrogen (secondary N) is 1. The molecule has 3 aromatic rings. The third kappa shape index (κ3) is 2.22. The highest BCUT2D eigenvalue weighted by Gasteiger charge is 2.68. The lowest BCUT2D eigenvalue weighted by Crippen LogP contribution is -2.67. The van der Waals surface area contributed by atoms with Crippen LogP contribution in [0.3, 0.4) is 0 Å². The fourth-order valence-corrected chi connectivity index (χ4v) is 8.57. The monoisotopic (exact) mass is 417 g/mol. The molecule has 7 atom stereocenters. The number of H-pyrrole nitrogens is 1. The molecule has 3 N–H and O–H groups in total. The Bertz CT molecular complexity index is 1190. The van der Waals surface area contributed by atoms with Gasteiger partial charge in [0.1, 0.15) is 0 Å². The van der Waals surface area contributed by atoms with E-state index in [1.807, 2.05) is 0 Å². The summed E-state index contributed by atoms with van der Waals surface area (Å²) in [4.78, 5) is 3.68. The first-order chi connectivity index (χ1) is 14.8. The van der Waals surface area contributed by atoms with E-state index in [4.69, 9.17) is 0 Å². The third-order valence-corrected chi connectivity index (χ3v) is 10.2. The van der Waals surface area contributed by atoms with Crippen molar-refractivity contribution in [1.82, 2.24) is 4.98 Å². The summed E-state index contributed by atoms with van der Waals surface area (Å²) < 4.78 is 0. The van der Waals surface area contributed by atoms with E-state index in [9.17, 15) is 10.2 Å². The molecule has 0 amide bonds. The van der Waals surface area contributed by atoms with Crippen LogP contribution in [0.15, 0.2) is 30.3 Å². The molecule has 2 saturated carbocycles. The Morgan fingerprint density at radius 2 is 1.81 bits per heavy atom. The van der Waals surface area contributed by atoms with Gasteiger partial charge in [-0.15, -0.1) is 0 Å². The minimum atomic E-state index is -0.356. The Morgan fingerprint density at radius 1 is 1.03 bits per heavy atom. The molecule has 3 aliphatic carbocycles. The molecule has 2 fully saturated rings. The maximum Gasteiger partial charge on any atom is 0.0608 e. The van der Waals surface area contributed by atoms with E-state index in [0.717, 1.165) is 32.1 Å². The highest BCUT2D eigenvalue weighted by atomic mass is 16.3. The lowest BCUT2D eigenvalue weighted by atomic mass is 9.37. The van der Waals surface area contributed by atoms with Crippen LogP contribution in [-0.4, -0.2) is 27.4 Å². The lowest BCUT2D eigenvalue weighted by Gasteiger charge is -2.68. The molecule has 164 valence electrons. The Hall–Kier alpha value is -1.84. The quantitative estimate of drug-likeness (QED) is 0.430. The Kier molecular flexibility index (Phi) is 4.06. The van der Waals surface area contributed by atoms with E-state index in [-0.39, 0.29) is 29.0 Å². The zero-order valence-corrected chi connectivity index (χ0v) is 19.2. The van der Waals surface area contributed by atoms with Crippen molar-refractivity contribution in [3.63, 3.8) is 0 Å². The molecule has 2 aromatic carbocycles. The van der Waals surface area contributed by atoms with Crippen molar-refractivity contribution < 1.29 is 10.2 Å². The Labute approximate surface area is 184 Å². The maximum atomic E-state index is 11.7. The predicted molar refractivity (Wildman–Crippen MR) is 126 cm³/mol. The van der Waals surface area contributed by atoms with Crippen LogP contribution in [0.25, 0.3) is 21.8 Å². The number of hydrogen-bond donors (Lipinski definition) is 3. The van der Waals surface area contributed by atoms with E-state index < -0.39 is 0 Å². The van der Waals surface area contributed by atoms with Crippen molar-refractivity contribution in [2.75, 3.05) is 0 Å². The predicted octanol–water partition coefficient (Wildman–Crippen LogP) is 5.84. The van der Waals surface area contributed by atoms with E-state index in [0.29, 0.717) is 11.8 Å². The van der Waals surface area contributed by atoms with Crippen molar-refractivity contribution >= 4 is 21.8 Å². The molecule has 0 saturated heterocycles. The van der Waals surface area contributed by atoms with Gasteiger partial charge in [0.25, 0.3) is 0 Å². The van der Waals surface area contributed by atoms with Gasteiger partial charge in [0, 0.05) is 32.6 Å². The SMILES string of the molecule is Cc1cc2[nH]c3ccccc3c2c2c1CC[C@@]13[C@H](O)CC[C@@H](C)[C@]1(C)[C@H](O)C[C@@H](C)[C@@H]23. The number of aromatic nitrogens is 1. The van der Waals surface area contributed by atoms with E-state index in [1.165, 1.54) is 38.5 Å². The topological polar surface area (TPSA) is 56.2 Å². The van der Waals surface area contributed by atoms with Gasteiger partial charge < -0.3 is 15.2 Å². The minimum absolute atomic E-state index is 0.262. The zero-order valence-electron chi connectivity index (χ0n) is 19.2. The molecule has 1 aromatic heterocycles. The van der Waals surface area contributed by atoms with Crippen molar-refractivity contribution in [3.05, 3.63) is 47.0 Å². The number of hydrogen-bond acceptors (Lipinski definition) is 2. The summed E-state index contributed by atoms with van der Waals surface area (Å²) in [6, 6.07) is 11.0. The number of benzene rings is 2. The maximum absolute atomic E-state index is 11.7. The second kappa shape index (κ2) is 6.36. The normalized spacial score (nSPS) is 39.9. The van der Waals surface area contributed by atoms with E-state index >= 15 is 0 Å². The molecule has 0 radical (unpaired) electrons. The van der Waals surface area contributed by atoms with Gasteiger partial charge in [-0.3, -0.25) is 0 Å². The van der Waals surface area contributed by atoms with Crippen LogP contribution in [0.2, 0.25) is 0 Å². The fraction of sp³-hybridized carbons (Fsp3) is 0.571. The average Bonchev–Trinajstić information content (AvgIpc) is 3.11. The molecule has 3 nitrogen and oxygen atoms in total. The van der Waals surface area contributed by atoms with Gasteiger partial charge in [0.2, 0.25) is 0 Å². The molecular weight excluding hydrogens is 382 g/mol. The van der Waals surface area contributed by atoms with E-state index in [1.54, 1.807) is 0 Å². The van der Waals surface area contributed by atoms with Crippen LogP contribution in [0.1, 0.15) is 69.1 Å². The standard InChI is InChI=1S/C28H35NO2/c1-15-13-21-24(19-7-5-6-8-20(19)29-21)25-18(15)11-12-28-22(30)10-9-17(3)27(28,4)23(31)14-16(2)26(25)28/h5-8,13,16-17,22-23,26,29-31H,9-12,14H2,1-4H3/t16-,17-,22-,23-,26+,27-,28+/m1/s1. The van der Waals surface area contributed by atoms with Gasteiger partial charge in [0.05, 0.1) is 12.2 Å². The molecule has 1 spiro atoms. The molecule has 3 aliphatic rings. The number of rotatable bonds is 0. The molecule has 0 bridgehead atoms. The summed E-state index contributed by atoms with van der Waals surface area (Å²) in [5.41, 5.74) is 6.19. The third-order valence-electron chi connectivity index (χ3n) is 10.2. The highest BCUT2D eigenvalue weighted by Crippen LogP contribution is 2.71.